The molecule has 0 amide bonds. The molecule has 20 heavy (non-hydrogen) atoms. The summed E-state index contributed by atoms with van der Waals surface area (Å²) >= 11 is 6.00. The van der Waals surface area contributed by atoms with E-state index in [-0.39, 0.29) is 12.4 Å². The molecule has 1 aromatic heterocycles. The van der Waals surface area contributed by atoms with E-state index in [4.69, 9.17) is 16.3 Å². The summed E-state index contributed by atoms with van der Waals surface area (Å²) in [7, 11) is 0. The summed E-state index contributed by atoms with van der Waals surface area (Å²) in [6.45, 7) is -1.17. The lowest BCUT2D eigenvalue weighted by Gasteiger charge is -2.11. The van der Waals surface area contributed by atoms with Gasteiger partial charge in [0.2, 0.25) is 0 Å². The molecular formula is C13H13ClF2N2O2. The summed E-state index contributed by atoms with van der Waals surface area (Å²) in [6, 6.07) is 4.81. The van der Waals surface area contributed by atoms with E-state index in [1.807, 2.05) is 0 Å². The predicted molar refractivity (Wildman–Crippen MR) is 69.9 cm³/mol. The second kappa shape index (κ2) is 6.19. The van der Waals surface area contributed by atoms with Crippen LogP contribution >= 0.6 is 11.6 Å². The van der Waals surface area contributed by atoms with Crippen molar-refractivity contribution in [2.45, 2.75) is 26.2 Å². The second-order valence-electron chi connectivity index (χ2n) is 4.18. The van der Waals surface area contributed by atoms with Crippen LogP contribution in [-0.2, 0) is 6.61 Å². The SMILES string of the molecule is C[C@H](O)c1ccc(OCc2nccn2C(F)F)c(Cl)c1. The van der Waals surface area contributed by atoms with Crippen LogP contribution < -0.4 is 4.74 Å². The fourth-order valence-electron chi connectivity index (χ4n) is 1.67. The first-order valence-electron chi connectivity index (χ1n) is 5.89. The highest BCUT2D eigenvalue weighted by Gasteiger charge is 2.13. The van der Waals surface area contributed by atoms with E-state index >= 15 is 0 Å². The maximum Gasteiger partial charge on any atom is 0.320 e. The Kier molecular flexibility index (Phi) is 4.57. The Morgan fingerprint density at radius 2 is 2.20 bits per heavy atom. The molecule has 2 aromatic rings. The van der Waals surface area contributed by atoms with Gasteiger partial charge in [0.15, 0.2) is 5.82 Å². The van der Waals surface area contributed by atoms with E-state index < -0.39 is 12.7 Å². The minimum Gasteiger partial charge on any atom is -0.484 e. The third-order valence-electron chi connectivity index (χ3n) is 2.75. The van der Waals surface area contributed by atoms with Gasteiger partial charge in [-0.15, -0.1) is 0 Å². The number of rotatable bonds is 5. The minimum atomic E-state index is -2.66. The molecule has 1 aromatic carbocycles. The Morgan fingerprint density at radius 3 is 2.80 bits per heavy atom. The maximum absolute atomic E-state index is 12.6. The van der Waals surface area contributed by atoms with Gasteiger partial charge >= 0.3 is 6.55 Å². The normalized spacial score (nSPS) is 12.7. The van der Waals surface area contributed by atoms with Gasteiger partial charge in [0, 0.05) is 12.4 Å². The van der Waals surface area contributed by atoms with Crippen LogP contribution in [0.2, 0.25) is 5.02 Å². The van der Waals surface area contributed by atoms with Crippen LogP contribution in [0, 0.1) is 0 Å². The molecule has 0 aliphatic rings. The highest BCUT2D eigenvalue weighted by molar-refractivity contribution is 6.32. The van der Waals surface area contributed by atoms with Gasteiger partial charge in [-0.3, -0.25) is 4.57 Å². The van der Waals surface area contributed by atoms with Crippen molar-refractivity contribution >= 4 is 11.6 Å². The summed E-state index contributed by atoms with van der Waals surface area (Å²) < 4.78 is 31.3. The fraction of sp³-hybridized carbons (Fsp3) is 0.308. The molecule has 0 spiro atoms. The summed E-state index contributed by atoms with van der Waals surface area (Å²) in [5.74, 6) is 0.454. The van der Waals surface area contributed by atoms with Crippen molar-refractivity contribution in [3.05, 3.63) is 47.0 Å². The largest absolute Gasteiger partial charge is 0.484 e. The zero-order valence-corrected chi connectivity index (χ0v) is 11.4. The smallest absolute Gasteiger partial charge is 0.320 e. The first kappa shape index (κ1) is 14.7. The van der Waals surface area contributed by atoms with E-state index in [2.05, 4.69) is 4.98 Å². The van der Waals surface area contributed by atoms with Crippen molar-refractivity contribution < 1.29 is 18.6 Å². The molecular weight excluding hydrogens is 290 g/mol. The fourth-order valence-corrected chi connectivity index (χ4v) is 1.91. The van der Waals surface area contributed by atoms with Gasteiger partial charge in [-0.2, -0.15) is 8.78 Å². The second-order valence-corrected chi connectivity index (χ2v) is 4.59. The van der Waals surface area contributed by atoms with Crippen molar-refractivity contribution in [3.8, 4) is 5.75 Å². The van der Waals surface area contributed by atoms with Gasteiger partial charge in [-0.25, -0.2) is 4.98 Å². The number of imidazole rings is 1. The van der Waals surface area contributed by atoms with Crippen molar-refractivity contribution in [3.63, 3.8) is 0 Å². The first-order valence-corrected chi connectivity index (χ1v) is 6.27. The molecule has 0 saturated heterocycles. The Balaban J connectivity index is 2.09. The number of nitrogens with zero attached hydrogens (tertiary/aromatic N) is 2. The topological polar surface area (TPSA) is 47.3 Å². The number of halogens is 3. The molecule has 108 valence electrons. The molecule has 0 radical (unpaired) electrons. The molecule has 1 atom stereocenters. The zero-order chi connectivity index (χ0) is 14.7. The lowest BCUT2D eigenvalue weighted by Crippen LogP contribution is -2.07. The van der Waals surface area contributed by atoms with Crippen LogP contribution in [-0.4, -0.2) is 14.7 Å². The standard InChI is InChI=1S/C13H13ClF2N2O2/c1-8(19)9-2-3-11(10(14)6-9)20-7-12-17-4-5-18(12)13(15)16/h2-6,8,13,19H,7H2,1H3/t8-/m0/s1. The summed E-state index contributed by atoms with van der Waals surface area (Å²) in [4.78, 5) is 3.80. The van der Waals surface area contributed by atoms with Gasteiger partial charge in [0.25, 0.3) is 0 Å². The van der Waals surface area contributed by atoms with E-state index in [0.29, 0.717) is 16.3 Å². The Morgan fingerprint density at radius 1 is 1.45 bits per heavy atom. The number of aliphatic hydroxyl groups is 1. The number of hydrogen-bond acceptors (Lipinski definition) is 3. The summed E-state index contributed by atoms with van der Waals surface area (Å²) in [6.07, 6.45) is 1.82. The molecule has 2 rings (SSSR count). The van der Waals surface area contributed by atoms with E-state index in [9.17, 15) is 13.9 Å². The van der Waals surface area contributed by atoms with Crippen molar-refractivity contribution in [2.75, 3.05) is 0 Å². The highest BCUT2D eigenvalue weighted by atomic mass is 35.5. The molecule has 0 aliphatic carbocycles. The Hall–Kier alpha value is -1.66. The van der Waals surface area contributed by atoms with Crippen LogP contribution in [0.4, 0.5) is 8.78 Å². The summed E-state index contributed by atoms with van der Waals surface area (Å²) in [5, 5.41) is 9.72. The van der Waals surface area contributed by atoms with Crippen LogP contribution in [0.15, 0.2) is 30.6 Å². The lowest BCUT2D eigenvalue weighted by atomic mass is 10.1. The van der Waals surface area contributed by atoms with Crippen LogP contribution in [0.5, 0.6) is 5.75 Å². The molecule has 7 heteroatoms. The molecule has 0 fully saturated rings. The number of aromatic nitrogens is 2. The van der Waals surface area contributed by atoms with E-state index in [0.717, 1.165) is 4.57 Å². The minimum absolute atomic E-state index is 0.107. The Labute approximate surface area is 119 Å². The third kappa shape index (κ3) is 3.26. The van der Waals surface area contributed by atoms with Gasteiger partial charge < -0.3 is 9.84 Å². The van der Waals surface area contributed by atoms with Crippen molar-refractivity contribution in [1.29, 1.82) is 0 Å². The molecule has 0 saturated carbocycles. The average molecular weight is 303 g/mol. The number of ether oxygens (including phenoxy) is 1. The molecule has 1 N–H and O–H groups in total. The molecule has 1 heterocycles. The first-order chi connectivity index (χ1) is 9.49. The number of aliphatic hydroxyl groups excluding tert-OH is 1. The number of benzene rings is 1. The molecule has 0 aliphatic heterocycles. The van der Waals surface area contributed by atoms with Gasteiger partial charge in [-0.1, -0.05) is 17.7 Å². The summed E-state index contributed by atoms with van der Waals surface area (Å²) in [5.41, 5.74) is 0.649. The molecule has 0 bridgehead atoms. The third-order valence-corrected chi connectivity index (χ3v) is 3.05. The van der Waals surface area contributed by atoms with E-state index in [1.165, 1.54) is 12.4 Å². The molecule has 4 nitrogen and oxygen atoms in total. The number of hydrogen-bond donors (Lipinski definition) is 1. The number of alkyl halides is 2. The Bertz CT molecular complexity index is 588. The van der Waals surface area contributed by atoms with Crippen molar-refractivity contribution in [2.24, 2.45) is 0 Å². The van der Waals surface area contributed by atoms with Crippen LogP contribution in [0.25, 0.3) is 0 Å². The molecule has 0 unspecified atom stereocenters. The monoisotopic (exact) mass is 302 g/mol. The van der Waals surface area contributed by atoms with E-state index in [1.54, 1.807) is 25.1 Å². The van der Waals surface area contributed by atoms with Crippen LogP contribution in [0.3, 0.4) is 0 Å². The van der Waals surface area contributed by atoms with Crippen LogP contribution in [0.1, 0.15) is 31.0 Å². The zero-order valence-electron chi connectivity index (χ0n) is 10.6. The van der Waals surface area contributed by atoms with Gasteiger partial charge in [-0.05, 0) is 24.6 Å². The maximum atomic E-state index is 12.6. The average Bonchev–Trinajstić information content (AvgIpc) is 2.85. The van der Waals surface area contributed by atoms with Gasteiger partial charge in [0.05, 0.1) is 11.1 Å². The van der Waals surface area contributed by atoms with Crippen molar-refractivity contribution in [1.82, 2.24) is 9.55 Å². The highest BCUT2D eigenvalue weighted by Crippen LogP contribution is 2.28. The lowest BCUT2D eigenvalue weighted by molar-refractivity contribution is 0.0632. The quantitative estimate of drug-likeness (QED) is 0.918. The predicted octanol–water partition coefficient (Wildman–Crippen LogP) is 3.56. The van der Waals surface area contributed by atoms with Gasteiger partial charge in [0.1, 0.15) is 12.4 Å².